The number of rotatable bonds is 7. The van der Waals surface area contributed by atoms with Crippen molar-refractivity contribution in [1.82, 2.24) is 14.9 Å². The first-order valence-electron chi connectivity index (χ1n) is 10.8. The van der Waals surface area contributed by atoms with Crippen LogP contribution in [0.4, 0.5) is 30.6 Å². The molecule has 33 heavy (non-hydrogen) atoms. The maximum atomic E-state index is 13.6. The Labute approximate surface area is 193 Å². The summed E-state index contributed by atoms with van der Waals surface area (Å²) < 4.78 is 57.8. The maximum Gasteiger partial charge on any atom is 0.421 e. The number of anilines is 3. The fourth-order valence-electron chi connectivity index (χ4n) is 4.05. The molecule has 1 unspecified atom stereocenters. The van der Waals surface area contributed by atoms with Crippen molar-refractivity contribution < 1.29 is 17.4 Å². The first-order chi connectivity index (χ1) is 15.4. The molecule has 2 aromatic rings. The fourth-order valence-corrected chi connectivity index (χ4v) is 5.61. The van der Waals surface area contributed by atoms with Crippen LogP contribution in [0.25, 0.3) is 0 Å². The average molecular weight is 485 g/mol. The molecule has 182 valence electrons. The van der Waals surface area contributed by atoms with Gasteiger partial charge in [0.05, 0.1) is 15.8 Å². The number of alkyl halides is 3. The molecule has 0 radical (unpaired) electrons. The summed E-state index contributed by atoms with van der Waals surface area (Å²) in [6.07, 6.45) is 0.427. The highest BCUT2D eigenvalue weighted by molar-refractivity contribution is 7.93. The Morgan fingerprint density at radius 1 is 1.18 bits per heavy atom. The summed E-state index contributed by atoms with van der Waals surface area (Å²) in [5, 5.41) is 5.96. The summed E-state index contributed by atoms with van der Waals surface area (Å²) in [7, 11) is 1.32. The lowest BCUT2D eigenvalue weighted by Crippen LogP contribution is -2.39. The van der Waals surface area contributed by atoms with Crippen LogP contribution in [0.5, 0.6) is 0 Å². The first kappa shape index (κ1) is 25.2. The Hall–Kier alpha value is -2.40. The van der Waals surface area contributed by atoms with E-state index < -0.39 is 21.5 Å². The van der Waals surface area contributed by atoms with E-state index in [0.717, 1.165) is 25.5 Å². The summed E-state index contributed by atoms with van der Waals surface area (Å²) in [5.74, 6) is -0.190. The van der Waals surface area contributed by atoms with Crippen LogP contribution < -0.4 is 10.6 Å². The molecule has 3 rings (SSSR count). The summed E-state index contributed by atoms with van der Waals surface area (Å²) in [6.45, 7) is 3.72. The first-order valence-corrected chi connectivity index (χ1v) is 12.7. The molecule has 1 heterocycles. The number of hydrogen-bond donors (Lipinski definition) is 2. The summed E-state index contributed by atoms with van der Waals surface area (Å²) in [5.41, 5.74) is -0.329. The lowest BCUT2D eigenvalue weighted by Gasteiger charge is -2.28. The van der Waals surface area contributed by atoms with Crippen molar-refractivity contribution in [3.05, 3.63) is 36.0 Å². The zero-order valence-electron chi connectivity index (χ0n) is 19.5. The SMILES string of the molecule is CC(C)N=S(C)(=O)c1ccc(Nc2ncc(C(F)(F)F)c(N[C@@H]3CCC[C@H]3N(C)C)n2)cc1. The highest BCUT2D eigenvalue weighted by atomic mass is 32.2. The molecule has 1 saturated carbocycles. The molecule has 0 spiro atoms. The summed E-state index contributed by atoms with van der Waals surface area (Å²) in [4.78, 5) is 10.6. The minimum Gasteiger partial charge on any atom is -0.365 e. The van der Waals surface area contributed by atoms with Crippen molar-refractivity contribution >= 4 is 27.2 Å². The van der Waals surface area contributed by atoms with Crippen molar-refractivity contribution in [2.75, 3.05) is 31.0 Å². The van der Waals surface area contributed by atoms with Gasteiger partial charge in [-0.05, 0) is 71.5 Å². The Bertz CT molecular complexity index is 1080. The Kier molecular flexibility index (Phi) is 7.52. The largest absolute Gasteiger partial charge is 0.421 e. The van der Waals surface area contributed by atoms with Gasteiger partial charge in [0, 0.05) is 35.1 Å². The molecular formula is C22H31F3N6OS. The highest BCUT2D eigenvalue weighted by Crippen LogP contribution is 2.36. The Morgan fingerprint density at radius 3 is 2.42 bits per heavy atom. The van der Waals surface area contributed by atoms with Gasteiger partial charge in [-0.1, -0.05) is 0 Å². The molecule has 7 nitrogen and oxygen atoms in total. The van der Waals surface area contributed by atoms with Crippen molar-refractivity contribution in [1.29, 1.82) is 0 Å². The smallest absolute Gasteiger partial charge is 0.365 e. The minimum atomic E-state index is -4.57. The van der Waals surface area contributed by atoms with E-state index in [2.05, 4.69) is 25.0 Å². The Balaban J connectivity index is 1.86. The Morgan fingerprint density at radius 2 is 1.85 bits per heavy atom. The quantitative estimate of drug-likeness (QED) is 0.576. The van der Waals surface area contributed by atoms with Gasteiger partial charge >= 0.3 is 6.18 Å². The van der Waals surface area contributed by atoms with Crippen molar-refractivity contribution in [2.45, 2.75) is 62.3 Å². The molecule has 1 aliphatic carbocycles. The molecule has 0 saturated heterocycles. The van der Waals surface area contributed by atoms with E-state index in [9.17, 15) is 17.4 Å². The van der Waals surface area contributed by atoms with E-state index in [0.29, 0.717) is 10.6 Å². The molecule has 1 aromatic heterocycles. The van der Waals surface area contributed by atoms with Crippen molar-refractivity contribution in [3.63, 3.8) is 0 Å². The molecule has 0 aliphatic heterocycles. The van der Waals surface area contributed by atoms with Gasteiger partial charge in [-0.15, -0.1) is 0 Å². The van der Waals surface area contributed by atoms with Crippen LogP contribution >= 0.6 is 0 Å². The van der Waals surface area contributed by atoms with Crippen LogP contribution in [0.1, 0.15) is 38.7 Å². The number of hydrogen-bond acceptors (Lipinski definition) is 7. The van der Waals surface area contributed by atoms with E-state index in [1.807, 2.05) is 32.8 Å². The van der Waals surface area contributed by atoms with Gasteiger partial charge in [-0.25, -0.2) is 13.6 Å². The average Bonchev–Trinajstić information content (AvgIpc) is 3.15. The second-order valence-electron chi connectivity index (χ2n) is 8.82. The lowest BCUT2D eigenvalue weighted by molar-refractivity contribution is -0.137. The number of aromatic nitrogens is 2. The van der Waals surface area contributed by atoms with Crippen LogP contribution in [-0.2, 0) is 15.9 Å². The van der Waals surface area contributed by atoms with E-state index >= 15 is 0 Å². The van der Waals surface area contributed by atoms with E-state index in [-0.39, 0.29) is 29.9 Å². The second-order valence-corrected chi connectivity index (χ2v) is 11.1. The zero-order chi connectivity index (χ0) is 24.4. The van der Waals surface area contributed by atoms with E-state index in [4.69, 9.17) is 0 Å². The number of nitrogens with zero attached hydrogens (tertiary/aromatic N) is 4. The van der Waals surface area contributed by atoms with Crippen molar-refractivity contribution in [2.24, 2.45) is 4.36 Å². The summed E-state index contributed by atoms with van der Waals surface area (Å²) >= 11 is 0. The standard InChI is InChI=1S/C22H31F3N6OS/c1-14(2)30-33(5,32)16-11-9-15(10-12-16)27-21-26-13-17(22(23,24)25)20(29-21)28-18-7-6-8-19(18)31(3)4/h9-14,18-19H,6-8H2,1-5H3,(H2,26,27,28,29)/t18-,19-,33?/m1/s1. The molecule has 1 aromatic carbocycles. The third-order valence-electron chi connectivity index (χ3n) is 5.52. The third-order valence-corrected chi connectivity index (χ3v) is 7.49. The fraction of sp³-hybridized carbons (Fsp3) is 0.545. The van der Waals surface area contributed by atoms with Gasteiger partial charge in [-0.2, -0.15) is 18.2 Å². The van der Waals surface area contributed by atoms with Gasteiger partial charge in [-0.3, -0.25) is 0 Å². The second kappa shape index (κ2) is 9.84. The predicted molar refractivity (Wildman–Crippen MR) is 125 cm³/mol. The number of halogens is 3. The topological polar surface area (TPSA) is 82.5 Å². The molecule has 1 fully saturated rings. The molecule has 1 aliphatic rings. The molecular weight excluding hydrogens is 453 g/mol. The normalized spacial score (nSPS) is 20.7. The van der Waals surface area contributed by atoms with Gasteiger partial charge in [0.1, 0.15) is 11.4 Å². The molecule has 3 atom stereocenters. The van der Waals surface area contributed by atoms with Crippen LogP contribution in [0.3, 0.4) is 0 Å². The molecule has 0 bridgehead atoms. The maximum absolute atomic E-state index is 13.6. The number of likely N-dealkylation sites (N-methyl/N-ethyl adjacent to an activating group) is 1. The highest BCUT2D eigenvalue weighted by Gasteiger charge is 2.37. The predicted octanol–water partition coefficient (Wildman–Crippen LogP) is 5.00. The molecule has 2 N–H and O–H groups in total. The monoisotopic (exact) mass is 484 g/mol. The van der Waals surface area contributed by atoms with Gasteiger partial charge in [0.15, 0.2) is 0 Å². The van der Waals surface area contributed by atoms with Gasteiger partial charge < -0.3 is 15.5 Å². The van der Waals surface area contributed by atoms with Crippen LogP contribution in [-0.4, -0.2) is 57.6 Å². The van der Waals surface area contributed by atoms with Gasteiger partial charge in [0.25, 0.3) is 0 Å². The number of benzene rings is 1. The minimum absolute atomic E-state index is 0.0433. The van der Waals surface area contributed by atoms with Gasteiger partial charge in [0.2, 0.25) is 5.95 Å². The third kappa shape index (κ3) is 6.35. The van der Waals surface area contributed by atoms with Crippen LogP contribution in [0, 0.1) is 0 Å². The van der Waals surface area contributed by atoms with Crippen molar-refractivity contribution in [3.8, 4) is 0 Å². The van der Waals surface area contributed by atoms with Crippen LogP contribution in [0.2, 0.25) is 0 Å². The summed E-state index contributed by atoms with van der Waals surface area (Å²) in [6, 6.07) is 6.65. The van der Waals surface area contributed by atoms with Crippen LogP contribution in [0.15, 0.2) is 39.7 Å². The molecule has 11 heteroatoms. The van der Waals surface area contributed by atoms with E-state index in [1.165, 1.54) is 0 Å². The lowest BCUT2D eigenvalue weighted by atomic mass is 10.1. The van der Waals surface area contributed by atoms with E-state index in [1.54, 1.807) is 30.5 Å². The molecule has 0 amide bonds. The number of nitrogens with one attached hydrogen (secondary N) is 2. The zero-order valence-corrected chi connectivity index (χ0v) is 20.3.